The number of ether oxygens (including phenoxy) is 1. The predicted molar refractivity (Wildman–Crippen MR) is 130 cm³/mol. The average molecular weight is 544 g/mol. The molecule has 3 rings (SSSR count). The minimum absolute atomic E-state index is 0.0431. The summed E-state index contributed by atoms with van der Waals surface area (Å²) in [5, 5.41) is 16.5. The normalized spacial score (nSPS) is 18.1. The van der Waals surface area contributed by atoms with Crippen molar-refractivity contribution in [1.82, 2.24) is 14.7 Å². The number of nitrogens with zero attached hydrogens (tertiary/aromatic N) is 3. The number of carboxylic acids is 2. The number of ketones is 1. The van der Waals surface area contributed by atoms with Crippen LogP contribution in [0.3, 0.4) is 0 Å². The number of carboxylic acid groups (broad SMARTS) is 2. The zero-order valence-corrected chi connectivity index (χ0v) is 21.1. The van der Waals surface area contributed by atoms with Gasteiger partial charge >= 0.3 is 18.0 Å². The molecule has 2 N–H and O–H groups in total. The van der Waals surface area contributed by atoms with E-state index in [1.165, 1.54) is 7.11 Å². The van der Waals surface area contributed by atoms with Gasteiger partial charge in [-0.2, -0.15) is 0 Å². The van der Waals surface area contributed by atoms with Crippen molar-refractivity contribution >= 4 is 52.9 Å². The summed E-state index contributed by atoms with van der Waals surface area (Å²) >= 11 is 12.0. The number of piperazine rings is 1. The standard InChI is InChI=1S/C19H23Cl2N3O4.C4H4O4/c1-28-19(27)23-6-7-24(14(11-23)10-22-5-4-15(25)12-22)18(26)9-13-2-3-16(20)17(21)8-13;5-3(6)1-2-4(7)8/h2-3,8,14H,4-7,9-12H2,1H3;1-2H,(H,5,6)(H,7,8). The summed E-state index contributed by atoms with van der Waals surface area (Å²) in [6.07, 6.45) is 1.44. The number of Topliss-reactive ketones (excluding diaryl/α,β-unsaturated/α-hetero) is 1. The quantitative estimate of drug-likeness (QED) is 0.512. The lowest BCUT2D eigenvalue weighted by molar-refractivity contribution is -0.135. The molecule has 0 saturated carbocycles. The maximum Gasteiger partial charge on any atom is 0.409 e. The van der Waals surface area contributed by atoms with Crippen molar-refractivity contribution in [2.75, 3.05) is 46.4 Å². The molecule has 1 atom stereocenters. The molecule has 2 heterocycles. The van der Waals surface area contributed by atoms with Crippen LogP contribution >= 0.6 is 23.2 Å². The Hall–Kier alpha value is -3.15. The third-order valence-corrected chi connectivity index (χ3v) is 6.26. The molecule has 0 aliphatic carbocycles. The Bertz CT molecular complexity index is 1020. The van der Waals surface area contributed by atoms with Gasteiger partial charge < -0.3 is 24.7 Å². The zero-order valence-electron chi connectivity index (χ0n) is 19.6. The molecular formula is C23H27Cl2N3O8. The first kappa shape index (κ1) is 29.1. The molecule has 36 heavy (non-hydrogen) atoms. The summed E-state index contributed by atoms with van der Waals surface area (Å²) in [7, 11) is 1.35. The number of carbonyl (C=O) groups excluding carboxylic acids is 3. The second kappa shape index (κ2) is 13.8. The first-order chi connectivity index (χ1) is 17.0. The highest BCUT2D eigenvalue weighted by atomic mass is 35.5. The van der Waals surface area contributed by atoms with E-state index in [2.05, 4.69) is 0 Å². The number of amides is 2. The molecule has 2 fully saturated rings. The maximum atomic E-state index is 13.0. The number of methoxy groups -OCH3 is 1. The number of halogens is 2. The van der Waals surface area contributed by atoms with Crippen molar-refractivity contribution in [3.8, 4) is 0 Å². The average Bonchev–Trinajstić information content (AvgIpc) is 3.24. The van der Waals surface area contributed by atoms with Gasteiger partial charge in [-0.25, -0.2) is 14.4 Å². The maximum absolute atomic E-state index is 13.0. The molecule has 1 unspecified atom stereocenters. The molecular weight excluding hydrogens is 517 g/mol. The largest absolute Gasteiger partial charge is 0.478 e. The summed E-state index contributed by atoms with van der Waals surface area (Å²) in [4.78, 5) is 61.1. The number of benzene rings is 1. The van der Waals surface area contributed by atoms with Crippen LogP contribution in [0.15, 0.2) is 30.4 Å². The molecule has 2 aliphatic heterocycles. The molecule has 2 amide bonds. The molecule has 2 saturated heterocycles. The van der Waals surface area contributed by atoms with Gasteiger partial charge in [0.25, 0.3) is 0 Å². The molecule has 1 aromatic carbocycles. The second-order valence-corrected chi connectivity index (χ2v) is 8.93. The highest BCUT2D eigenvalue weighted by Gasteiger charge is 2.35. The molecule has 0 aromatic heterocycles. The number of aliphatic carboxylic acids is 2. The van der Waals surface area contributed by atoms with Crippen molar-refractivity contribution in [1.29, 1.82) is 0 Å². The molecule has 0 radical (unpaired) electrons. The summed E-state index contributed by atoms with van der Waals surface area (Å²) < 4.78 is 4.83. The molecule has 13 heteroatoms. The smallest absolute Gasteiger partial charge is 0.409 e. The SMILES string of the molecule is COC(=O)N1CCN(C(=O)Cc2ccc(Cl)c(Cl)c2)C(CN2CCC(=O)C2)C1.O=C(O)C=CC(=O)O. The van der Waals surface area contributed by atoms with Crippen LogP contribution in [0.4, 0.5) is 4.79 Å². The van der Waals surface area contributed by atoms with Crippen LogP contribution in [0.25, 0.3) is 0 Å². The van der Waals surface area contributed by atoms with Crippen molar-refractivity contribution < 1.29 is 38.9 Å². The summed E-state index contributed by atoms with van der Waals surface area (Å²) in [6, 6.07) is 4.95. The molecule has 196 valence electrons. The fourth-order valence-electron chi connectivity index (χ4n) is 3.85. The fraction of sp³-hybridized carbons (Fsp3) is 0.435. The van der Waals surface area contributed by atoms with E-state index in [0.29, 0.717) is 67.9 Å². The summed E-state index contributed by atoms with van der Waals surface area (Å²) in [5.41, 5.74) is 0.782. The van der Waals surface area contributed by atoms with E-state index in [0.717, 1.165) is 5.56 Å². The fourth-order valence-corrected chi connectivity index (χ4v) is 4.17. The van der Waals surface area contributed by atoms with Crippen molar-refractivity contribution in [3.05, 3.63) is 46.0 Å². The lowest BCUT2D eigenvalue weighted by Gasteiger charge is -2.42. The highest BCUT2D eigenvalue weighted by Crippen LogP contribution is 2.24. The van der Waals surface area contributed by atoms with Gasteiger partial charge in [-0.1, -0.05) is 29.3 Å². The highest BCUT2D eigenvalue weighted by molar-refractivity contribution is 6.42. The topological polar surface area (TPSA) is 145 Å². The molecule has 0 bridgehead atoms. The Balaban J connectivity index is 0.000000493. The Kier molecular flexibility index (Phi) is 11.2. The first-order valence-corrected chi connectivity index (χ1v) is 11.7. The first-order valence-electron chi connectivity index (χ1n) is 10.9. The van der Waals surface area contributed by atoms with E-state index < -0.39 is 18.0 Å². The van der Waals surface area contributed by atoms with Crippen LogP contribution in [0.1, 0.15) is 12.0 Å². The van der Waals surface area contributed by atoms with E-state index in [1.54, 1.807) is 28.0 Å². The number of rotatable bonds is 6. The van der Waals surface area contributed by atoms with E-state index in [-0.39, 0.29) is 24.2 Å². The third-order valence-electron chi connectivity index (χ3n) is 5.52. The summed E-state index contributed by atoms with van der Waals surface area (Å²) in [6.45, 7) is 2.83. The second-order valence-electron chi connectivity index (χ2n) is 8.12. The van der Waals surface area contributed by atoms with E-state index >= 15 is 0 Å². The molecule has 1 aromatic rings. The van der Waals surface area contributed by atoms with Crippen molar-refractivity contribution in [3.63, 3.8) is 0 Å². The van der Waals surface area contributed by atoms with Gasteiger partial charge in [0.15, 0.2) is 0 Å². The Morgan fingerprint density at radius 1 is 1.06 bits per heavy atom. The van der Waals surface area contributed by atoms with Crippen molar-refractivity contribution in [2.45, 2.75) is 18.9 Å². The van der Waals surface area contributed by atoms with Crippen molar-refractivity contribution in [2.24, 2.45) is 0 Å². The van der Waals surface area contributed by atoms with Crippen LogP contribution < -0.4 is 0 Å². The van der Waals surface area contributed by atoms with Gasteiger partial charge in [-0.05, 0) is 17.7 Å². The van der Waals surface area contributed by atoms with Gasteiger partial charge in [-0.3, -0.25) is 14.5 Å². The minimum atomic E-state index is -1.26. The minimum Gasteiger partial charge on any atom is -0.478 e. The Morgan fingerprint density at radius 3 is 2.25 bits per heavy atom. The van der Waals surface area contributed by atoms with Crippen LogP contribution in [-0.2, 0) is 30.3 Å². The lowest BCUT2D eigenvalue weighted by atomic mass is 10.1. The predicted octanol–water partition coefficient (Wildman–Crippen LogP) is 1.80. The zero-order chi connectivity index (χ0) is 26.8. The Labute approximate surface area is 217 Å². The third kappa shape index (κ3) is 9.14. The Morgan fingerprint density at radius 2 is 1.72 bits per heavy atom. The van der Waals surface area contributed by atoms with E-state index in [9.17, 15) is 24.0 Å². The van der Waals surface area contributed by atoms with E-state index in [4.69, 9.17) is 38.2 Å². The lowest BCUT2D eigenvalue weighted by Crippen LogP contribution is -2.60. The number of carbonyl (C=O) groups is 5. The van der Waals surface area contributed by atoms with E-state index in [1.807, 2.05) is 4.90 Å². The van der Waals surface area contributed by atoms with Crippen LogP contribution in [-0.4, -0.2) is 107 Å². The van der Waals surface area contributed by atoms with Crippen LogP contribution in [0, 0.1) is 0 Å². The van der Waals surface area contributed by atoms with Crippen LogP contribution in [0.2, 0.25) is 10.0 Å². The molecule has 11 nitrogen and oxygen atoms in total. The van der Waals surface area contributed by atoms with Gasteiger partial charge in [0.2, 0.25) is 5.91 Å². The van der Waals surface area contributed by atoms with Gasteiger partial charge in [0.1, 0.15) is 5.78 Å². The number of hydrogen-bond donors (Lipinski definition) is 2. The van der Waals surface area contributed by atoms with Gasteiger partial charge in [0, 0.05) is 51.3 Å². The van der Waals surface area contributed by atoms with Gasteiger partial charge in [-0.15, -0.1) is 0 Å². The van der Waals surface area contributed by atoms with Gasteiger partial charge in [0.05, 0.1) is 36.2 Å². The summed E-state index contributed by atoms with van der Waals surface area (Å²) in [5.74, 6) is -2.35. The van der Waals surface area contributed by atoms with Crippen LogP contribution in [0.5, 0.6) is 0 Å². The molecule has 0 spiro atoms. The number of likely N-dealkylation sites (tertiary alicyclic amines) is 1. The monoisotopic (exact) mass is 543 g/mol. The number of hydrogen-bond acceptors (Lipinski definition) is 7. The molecule has 2 aliphatic rings.